The second-order valence-corrected chi connectivity index (χ2v) is 6.02. The van der Waals surface area contributed by atoms with E-state index in [0.29, 0.717) is 30.3 Å². The first-order chi connectivity index (χ1) is 11.8. The number of carbonyl (C=O) groups excluding carboxylic acids is 1. The number of para-hydroxylation sites is 1. The van der Waals surface area contributed by atoms with Crippen LogP contribution in [0.5, 0.6) is 23.0 Å². The summed E-state index contributed by atoms with van der Waals surface area (Å²) < 4.78 is 22.1. The first-order valence-electron chi connectivity index (χ1n) is 7.84. The number of fused-ring (bicyclic) bond motifs is 3. The van der Waals surface area contributed by atoms with Crippen LogP contribution < -0.4 is 18.9 Å². The van der Waals surface area contributed by atoms with Crippen LogP contribution in [0.2, 0.25) is 0 Å². The highest BCUT2D eigenvalue weighted by Crippen LogP contribution is 2.47. The van der Waals surface area contributed by atoms with E-state index in [4.69, 9.17) is 18.9 Å². The van der Waals surface area contributed by atoms with Crippen molar-refractivity contribution >= 4 is 12.0 Å². The molecule has 3 aliphatic heterocycles. The van der Waals surface area contributed by atoms with Gasteiger partial charge >= 0.3 is 5.97 Å². The lowest BCUT2D eigenvalue weighted by Gasteiger charge is -2.29. The lowest BCUT2D eigenvalue weighted by molar-refractivity contribution is -0.135. The summed E-state index contributed by atoms with van der Waals surface area (Å²) in [6.07, 6.45) is 2.40. The number of hydrogen-bond acceptors (Lipinski definition) is 5. The number of carbonyl (C=O) groups is 1. The Morgan fingerprint density at radius 1 is 0.917 bits per heavy atom. The Morgan fingerprint density at radius 3 is 2.67 bits per heavy atom. The lowest BCUT2D eigenvalue weighted by atomic mass is 9.84. The average Bonchev–Trinajstić information content (AvgIpc) is 3.06. The normalized spacial score (nSPS) is 20.4. The summed E-state index contributed by atoms with van der Waals surface area (Å²) in [5, 5.41) is 0. The molecule has 0 radical (unpaired) electrons. The second-order valence-electron chi connectivity index (χ2n) is 6.02. The summed E-state index contributed by atoms with van der Waals surface area (Å²) in [7, 11) is 0. The summed E-state index contributed by atoms with van der Waals surface area (Å²) in [6.45, 7) is 0.652. The molecule has 0 fully saturated rings. The van der Waals surface area contributed by atoms with Crippen molar-refractivity contribution in [2.45, 2.75) is 12.3 Å². The SMILES string of the molecule is O=C1C[C@H](C2=Cc3ccccc3OC2)c2cc3c(cc2O1)OCO3. The summed E-state index contributed by atoms with van der Waals surface area (Å²) in [5.74, 6) is 2.39. The van der Waals surface area contributed by atoms with Crippen molar-refractivity contribution in [3.63, 3.8) is 0 Å². The molecule has 5 nitrogen and oxygen atoms in total. The van der Waals surface area contributed by atoms with Gasteiger partial charge in [0, 0.05) is 23.1 Å². The Hall–Kier alpha value is -2.95. The molecule has 120 valence electrons. The summed E-state index contributed by atoms with van der Waals surface area (Å²) >= 11 is 0. The van der Waals surface area contributed by atoms with Crippen LogP contribution in [0.1, 0.15) is 23.5 Å². The van der Waals surface area contributed by atoms with E-state index in [0.717, 1.165) is 22.4 Å². The third-order valence-electron chi connectivity index (χ3n) is 4.58. The highest BCUT2D eigenvalue weighted by atomic mass is 16.7. The maximum absolute atomic E-state index is 12.1. The van der Waals surface area contributed by atoms with Gasteiger partial charge in [-0.3, -0.25) is 4.79 Å². The highest BCUT2D eigenvalue weighted by Gasteiger charge is 2.33. The van der Waals surface area contributed by atoms with E-state index in [1.54, 1.807) is 6.07 Å². The molecule has 5 heteroatoms. The smallest absolute Gasteiger partial charge is 0.312 e. The molecule has 0 saturated carbocycles. The Morgan fingerprint density at radius 2 is 1.75 bits per heavy atom. The van der Waals surface area contributed by atoms with E-state index in [1.807, 2.05) is 30.3 Å². The molecule has 2 aromatic rings. The summed E-state index contributed by atoms with van der Waals surface area (Å²) in [5.41, 5.74) is 3.03. The Kier molecular flexibility index (Phi) is 2.82. The van der Waals surface area contributed by atoms with Crippen LogP contribution in [0.3, 0.4) is 0 Å². The van der Waals surface area contributed by atoms with E-state index in [2.05, 4.69) is 6.08 Å². The van der Waals surface area contributed by atoms with Crippen LogP contribution in [0.25, 0.3) is 6.08 Å². The van der Waals surface area contributed by atoms with Crippen LogP contribution in [-0.4, -0.2) is 19.4 Å². The molecule has 3 aliphatic rings. The predicted octanol–water partition coefficient (Wildman–Crippen LogP) is 3.28. The van der Waals surface area contributed by atoms with Gasteiger partial charge in [-0.05, 0) is 23.8 Å². The zero-order chi connectivity index (χ0) is 16.1. The molecule has 0 bridgehead atoms. The molecule has 5 rings (SSSR count). The molecule has 0 spiro atoms. The van der Waals surface area contributed by atoms with Gasteiger partial charge in [-0.1, -0.05) is 18.2 Å². The van der Waals surface area contributed by atoms with Gasteiger partial charge in [0.05, 0.1) is 6.42 Å². The Balaban J connectivity index is 1.61. The maximum Gasteiger partial charge on any atom is 0.312 e. The predicted molar refractivity (Wildman–Crippen MR) is 85.5 cm³/mol. The van der Waals surface area contributed by atoms with Gasteiger partial charge in [-0.2, -0.15) is 0 Å². The van der Waals surface area contributed by atoms with Crippen LogP contribution in [0.4, 0.5) is 0 Å². The van der Waals surface area contributed by atoms with Gasteiger partial charge < -0.3 is 18.9 Å². The number of esters is 1. The van der Waals surface area contributed by atoms with Crippen molar-refractivity contribution in [1.82, 2.24) is 0 Å². The Labute approximate surface area is 138 Å². The zero-order valence-electron chi connectivity index (χ0n) is 12.8. The van der Waals surface area contributed by atoms with E-state index < -0.39 is 0 Å². The largest absolute Gasteiger partial charge is 0.489 e. The monoisotopic (exact) mass is 322 g/mol. The van der Waals surface area contributed by atoms with Crippen LogP contribution in [0, 0.1) is 0 Å². The standard InChI is InChI=1S/C19H14O5/c20-19-7-13(12-5-11-3-1-2-4-15(11)21-9-12)14-6-17-18(23-10-22-17)8-16(14)24-19/h1-6,8,13H,7,9-10H2/t13-/m1/s1. The van der Waals surface area contributed by atoms with E-state index >= 15 is 0 Å². The molecular formula is C19H14O5. The first kappa shape index (κ1) is 13.5. The van der Waals surface area contributed by atoms with Crippen LogP contribution in [0.15, 0.2) is 42.0 Å². The molecule has 0 saturated heterocycles. The van der Waals surface area contributed by atoms with E-state index in [1.165, 1.54) is 0 Å². The van der Waals surface area contributed by atoms with Crippen LogP contribution in [-0.2, 0) is 4.79 Å². The average molecular weight is 322 g/mol. The van der Waals surface area contributed by atoms with Crippen molar-refractivity contribution in [2.75, 3.05) is 13.4 Å². The van der Waals surface area contributed by atoms with E-state index in [9.17, 15) is 4.79 Å². The third-order valence-corrected chi connectivity index (χ3v) is 4.58. The van der Waals surface area contributed by atoms with Crippen molar-refractivity contribution < 1.29 is 23.7 Å². The van der Waals surface area contributed by atoms with Gasteiger partial charge in [0.2, 0.25) is 6.79 Å². The molecule has 2 aromatic carbocycles. The van der Waals surface area contributed by atoms with Gasteiger partial charge in [-0.15, -0.1) is 0 Å². The maximum atomic E-state index is 12.1. The Bertz CT molecular complexity index is 883. The summed E-state index contributed by atoms with van der Waals surface area (Å²) in [4.78, 5) is 12.1. The van der Waals surface area contributed by atoms with Gasteiger partial charge in [0.1, 0.15) is 18.1 Å². The quantitative estimate of drug-likeness (QED) is 0.596. The fraction of sp³-hybridized carbons (Fsp3) is 0.211. The second kappa shape index (κ2) is 5.03. The highest BCUT2D eigenvalue weighted by molar-refractivity contribution is 5.79. The molecule has 0 aliphatic carbocycles. The third kappa shape index (κ3) is 2.05. The number of hydrogen-bond donors (Lipinski definition) is 0. The minimum absolute atomic E-state index is 0.0795. The molecule has 0 N–H and O–H groups in total. The van der Waals surface area contributed by atoms with E-state index in [-0.39, 0.29) is 18.7 Å². The van der Waals surface area contributed by atoms with Crippen molar-refractivity contribution in [3.8, 4) is 23.0 Å². The number of benzene rings is 2. The molecule has 24 heavy (non-hydrogen) atoms. The van der Waals surface area contributed by atoms with Gasteiger partial charge in [-0.25, -0.2) is 0 Å². The summed E-state index contributed by atoms with van der Waals surface area (Å²) in [6, 6.07) is 11.5. The number of ether oxygens (including phenoxy) is 4. The molecule has 1 atom stereocenters. The molecule has 0 aromatic heterocycles. The first-order valence-corrected chi connectivity index (χ1v) is 7.84. The number of rotatable bonds is 1. The minimum Gasteiger partial charge on any atom is -0.489 e. The van der Waals surface area contributed by atoms with Crippen molar-refractivity contribution in [2.24, 2.45) is 0 Å². The molecular weight excluding hydrogens is 308 g/mol. The fourth-order valence-electron chi connectivity index (χ4n) is 3.41. The fourth-order valence-corrected chi connectivity index (χ4v) is 3.41. The molecule has 0 unspecified atom stereocenters. The van der Waals surface area contributed by atoms with Crippen molar-refractivity contribution in [3.05, 3.63) is 53.1 Å². The minimum atomic E-state index is -0.244. The van der Waals surface area contributed by atoms with Gasteiger partial charge in [0.25, 0.3) is 0 Å². The molecule has 3 heterocycles. The zero-order valence-corrected chi connectivity index (χ0v) is 12.8. The molecule has 0 amide bonds. The topological polar surface area (TPSA) is 54.0 Å². The van der Waals surface area contributed by atoms with Crippen molar-refractivity contribution in [1.29, 1.82) is 0 Å². The van der Waals surface area contributed by atoms with Gasteiger partial charge in [0.15, 0.2) is 11.5 Å². The lowest BCUT2D eigenvalue weighted by Crippen LogP contribution is -2.24. The van der Waals surface area contributed by atoms with Crippen LogP contribution >= 0.6 is 0 Å².